The van der Waals surface area contributed by atoms with Gasteiger partial charge in [0.15, 0.2) is 0 Å². The van der Waals surface area contributed by atoms with Crippen molar-refractivity contribution in [2.45, 2.75) is 75.9 Å². The molecule has 2 N–H and O–H groups in total. The van der Waals surface area contributed by atoms with E-state index < -0.39 is 15.3 Å². The van der Waals surface area contributed by atoms with E-state index in [2.05, 4.69) is 4.90 Å². The number of hydrogen-bond acceptors (Lipinski definition) is 8. The number of esters is 1. The van der Waals surface area contributed by atoms with Crippen molar-refractivity contribution in [2.75, 3.05) is 38.3 Å². The number of aryl methyl sites for hydroxylation is 1. The van der Waals surface area contributed by atoms with E-state index in [0.717, 1.165) is 80.1 Å². The highest BCUT2D eigenvalue weighted by Crippen LogP contribution is 2.43. The lowest BCUT2D eigenvalue weighted by Gasteiger charge is -2.46. The van der Waals surface area contributed by atoms with Gasteiger partial charge in [-0.05, 0) is 98.7 Å². The zero-order chi connectivity index (χ0) is 30.6. The van der Waals surface area contributed by atoms with E-state index in [1.54, 1.807) is 13.0 Å². The van der Waals surface area contributed by atoms with Gasteiger partial charge in [-0.1, -0.05) is 17.7 Å². The molecular formula is C32H43ClN2O7S. The van der Waals surface area contributed by atoms with Gasteiger partial charge in [0.05, 0.1) is 42.4 Å². The summed E-state index contributed by atoms with van der Waals surface area (Å²) in [4.78, 5) is 14.9. The van der Waals surface area contributed by atoms with Crippen molar-refractivity contribution in [1.29, 1.82) is 0 Å². The van der Waals surface area contributed by atoms with Gasteiger partial charge in [-0.15, -0.1) is 0 Å². The first-order valence-electron chi connectivity index (χ1n) is 15.2. The fourth-order valence-corrected chi connectivity index (χ4v) is 6.85. The average Bonchev–Trinajstić information content (AvgIpc) is 3.00. The second-order valence-corrected chi connectivity index (χ2v) is 14.5. The lowest BCUT2D eigenvalue weighted by atomic mass is 9.68. The summed E-state index contributed by atoms with van der Waals surface area (Å²) in [6, 6.07) is 11.5. The number of rotatable bonds is 8. The first-order chi connectivity index (χ1) is 20.6. The van der Waals surface area contributed by atoms with Crippen LogP contribution in [-0.2, 0) is 37.3 Å². The number of carbonyl (C=O) groups excluding carboxylic acids is 1. The van der Waals surface area contributed by atoms with Crippen molar-refractivity contribution in [3.8, 4) is 5.75 Å². The Labute approximate surface area is 260 Å². The lowest BCUT2D eigenvalue weighted by molar-refractivity contribution is -0.116. The number of nitrogens with zero attached hydrogens (tertiary/aromatic N) is 1. The third-order valence-electron chi connectivity index (χ3n) is 9.20. The Balaban J connectivity index is 1.32. The van der Waals surface area contributed by atoms with Crippen molar-refractivity contribution in [3.63, 3.8) is 0 Å². The van der Waals surface area contributed by atoms with Crippen molar-refractivity contribution in [2.24, 2.45) is 17.0 Å². The van der Waals surface area contributed by atoms with Crippen molar-refractivity contribution >= 4 is 33.3 Å². The molecule has 5 rings (SSSR count). The normalized spacial score (nSPS) is 25.3. The fraction of sp³-hybridized carbons (Fsp3) is 0.594. The molecule has 0 aromatic heterocycles. The number of ether oxygens (including phenoxy) is 4. The second-order valence-electron chi connectivity index (χ2n) is 12.1. The quantitative estimate of drug-likeness (QED) is 0.398. The molecule has 0 spiro atoms. The summed E-state index contributed by atoms with van der Waals surface area (Å²) in [5, 5.41) is 5.26. The Morgan fingerprint density at radius 2 is 1.98 bits per heavy atom. The highest BCUT2D eigenvalue weighted by molar-refractivity contribution is 7.89. The molecule has 2 aliphatic heterocycles. The van der Waals surface area contributed by atoms with E-state index in [-0.39, 0.29) is 24.8 Å². The van der Waals surface area contributed by atoms with E-state index in [0.29, 0.717) is 30.6 Å². The first kappa shape index (κ1) is 32.0. The van der Waals surface area contributed by atoms with Gasteiger partial charge in [-0.2, -0.15) is 0 Å². The van der Waals surface area contributed by atoms with Gasteiger partial charge in [0.25, 0.3) is 0 Å². The predicted octanol–water partition coefficient (Wildman–Crippen LogP) is 5.12. The summed E-state index contributed by atoms with van der Waals surface area (Å²) in [5.41, 5.74) is 3.71. The van der Waals surface area contributed by atoms with Crippen LogP contribution in [0.15, 0.2) is 36.4 Å². The number of methoxy groups -OCH3 is 1. The number of nitrogens with two attached hydrogens (primary N) is 1. The first-order valence-corrected chi connectivity index (χ1v) is 17.2. The predicted molar refractivity (Wildman–Crippen MR) is 166 cm³/mol. The number of benzene rings is 2. The SMILES string of the molecule is COC(=O)c1ccc2c(c1)N(C[C@@H]1CC[C@H]1[C@@H]1C[C@@H](OC[C@H](C)S(N)(=O)=O)CCO1)CCCCc1cc(Cl)ccc1CO2. The molecule has 3 aliphatic rings. The largest absolute Gasteiger partial charge is 0.487 e. The molecule has 2 fully saturated rings. The van der Waals surface area contributed by atoms with Crippen LogP contribution in [-0.4, -0.2) is 65.3 Å². The van der Waals surface area contributed by atoms with E-state index >= 15 is 0 Å². The van der Waals surface area contributed by atoms with Crippen LogP contribution in [0.3, 0.4) is 0 Å². The molecule has 1 aliphatic carbocycles. The smallest absolute Gasteiger partial charge is 0.337 e. The third kappa shape index (κ3) is 8.02. The van der Waals surface area contributed by atoms with Crippen LogP contribution in [0.4, 0.5) is 5.69 Å². The van der Waals surface area contributed by atoms with Crippen molar-refractivity contribution in [1.82, 2.24) is 0 Å². The van der Waals surface area contributed by atoms with Crippen LogP contribution < -0.4 is 14.8 Å². The Hall–Kier alpha value is -2.37. The van der Waals surface area contributed by atoms with Crippen LogP contribution >= 0.6 is 11.6 Å². The summed E-state index contributed by atoms with van der Waals surface area (Å²) < 4.78 is 46.9. The van der Waals surface area contributed by atoms with Crippen molar-refractivity contribution < 1.29 is 32.2 Å². The number of anilines is 1. The maximum absolute atomic E-state index is 12.5. The van der Waals surface area contributed by atoms with Crippen LogP contribution in [0.1, 0.15) is 66.9 Å². The number of fused-ring (bicyclic) bond motifs is 2. The number of carbonyl (C=O) groups is 1. The molecule has 9 nitrogen and oxygen atoms in total. The highest BCUT2D eigenvalue weighted by Gasteiger charge is 2.41. The molecule has 0 bridgehead atoms. The van der Waals surface area contributed by atoms with Crippen LogP contribution in [0.5, 0.6) is 5.75 Å². The lowest BCUT2D eigenvalue weighted by Crippen LogP contribution is -2.47. The number of halogens is 1. The molecule has 11 heteroatoms. The Kier molecular flexibility index (Phi) is 10.5. The van der Waals surface area contributed by atoms with Gasteiger partial charge >= 0.3 is 5.97 Å². The molecule has 2 aromatic rings. The van der Waals surface area contributed by atoms with Gasteiger partial charge in [0, 0.05) is 31.1 Å². The summed E-state index contributed by atoms with van der Waals surface area (Å²) in [6.07, 6.45) is 6.56. The highest BCUT2D eigenvalue weighted by atomic mass is 35.5. The number of primary sulfonamides is 1. The van der Waals surface area contributed by atoms with Crippen LogP contribution in [0.2, 0.25) is 5.02 Å². The summed E-state index contributed by atoms with van der Waals surface area (Å²) in [5.74, 6) is 1.14. The van der Waals surface area contributed by atoms with Gasteiger partial charge in [-0.3, -0.25) is 0 Å². The van der Waals surface area contributed by atoms with Gasteiger partial charge < -0.3 is 23.8 Å². The van der Waals surface area contributed by atoms with E-state index in [4.69, 9.17) is 35.7 Å². The minimum Gasteiger partial charge on any atom is -0.487 e. The molecule has 2 aromatic carbocycles. The second kappa shape index (κ2) is 14.2. The minimum absolute atomic E-state index is 0.0474. The van der Waals surface area contributed by atoms with Gasteiger partial charge in [0.2, 0.25) is 10.0 Å². The Bertz CT molecular complexity index is 1390. The zero-order valence-electron chi connectivity index (χ0n) is 25.0. The van der Waals surface area contributed by atoms with E-state index in [9.17, 15) is 13.2 Å². The standard InChI is InChI=1S/C32H43ClN2O7S/c1-21(43(34,37)38)19-41-27-12-14-40-31(17-27)28-10-7-24(28)18-35-13-4-3-5-22-15-26(33)9-6-25(22)20-42-30-11-8-23(16-29(30)35)32(36)39-2/h6,8-9,11,15-16,21,24,27-28,31H,3-5,7,10,12-14,17-20H2,1-2H3,(H2,34,37,38)/t21-,24-,27-,28+,31-/m0/s1. The molecule has 1 saturated heterocycles. The van der Waals surface area contributed by atoms with Crippen LogP contribution in [0.25, 0.3) is 0 Å². The molecular weight excluding hydrogens is 592 g/mol. The van der Waals surface area contributed by atoms with Crippen molar-refractivity contribution in [3.05, 3.63) is 58.1 Å². The molecule has 0 unspecified atom stereocenters. The van der Waals surface area contributed by atoms with Gasteiger partial charge in [0.1, 0.15) is 12.4 Å². The molecule has 0 amide bonds. The third-order valence-corrected chi connectivity index (χ3v) is 10.7. The molecule has 5 atom stereocenters. The topological polar surface area (TPSA) is 117 Å². The monoisotopic (exact) mass is 634 g/mol. The molecule has 43 heavy (non-hydrogen) atoms. The molecule has 236 valence electrons. The average molecular weight is 635 g/mol. The maximum Gasteiger partial charge on any atom is 0.337 e. The maximum atomic E-state index is 12.5. The zero-order valence-corrected chi connectivity index (χ0v) is 26.6. The van der Waals surface area contributed by atoms with Crippen LogP contribution in [0, 0.1) is 11.8 Å². The summed E-state index contributed by atoms with van der Waals surface area (Å²) >= 11 is 6.32. The number of hydrogen-bond donors (Lipinski definition) is 1. The molecule has 1 saturated carbocycles. The van der Waals surface area contributed by atoms with Gasteiger partial charge in [-0.25, -0.2) is 18.4 Å². The summed E-state index contributed by atoms with van der Waals surface area (Å²) in [7, 11) is -2.23. The van der Waals surface area contributed by atoms with E-state index in [1.165, 1.54) is 12.7 Å². The summed E-state index contributed by atoms with van der Waals surface area (Å²) in [6.45, 7) is 4.31. The van der Waals surface area contributed by atoms with E-state index in [1.807, 2.05) is 30.3 Å². The molecule has 2 heterocycles. The Morgan fingerprint density at radius 3 is 2.72 bits per heavy atom. The fourth-order valence-electron chi connectivity index (χ4n) is 6.39. The molecule has 0 radical (unpaired) electrons. The minimum atomic E-state index is -3.62. The Morgan fingerprint density at radius 1 is 1.14 bits per heavy atom. The number of sulfonamides is 1.